The van der Waals surface area contributed by atoms with Gasteiger partial charge in [-0.25, -0.2) is 0 Å². The molecular weight excluding hydrogens is 936 g/mol. The summed E-state index contributed by atoms with van der Waals surface area (Å²) in [6.07, 6.45) is 2.29. The van der Waals surface area contributed by atoms with Gasteiger partial charge in [0.25, 0.3) is 0 Å². The molecule has 6 heterocycles. The highest BCUT2D eigenvalue weighted by Crippen LogP contribution is 2.56. The molecule has 3 nitrogen and oxygen atoms in total. The highest BCUT2D eigenvalue weighted by Gasteiger charge is 2.48. The minimum atomic E-state index is -0.189. The molecule has 0 unspecified atom stereocenters. The summed E-state index contributed by atoms with van der Waals surface area (Å²) >= 11 is 3.83. The minimum Gasteiger partial charge on any atom is -0.455 e. The number of thiophene rings is 2. The molecule has 0 atom stereocenters. The van der Waals surface area contributed by atoms with Gasteiger partial charge in [-0.2, -0.15) is 0 Å². The monoisotopic (exact) mass is 988 g/mol. The van der Waals surface area contributed by atoms with Crippen molar-refractivity contribution in [2.75, 3.05) is 4.81 Å². The number of rotatable bonds is 3. The fraction of sp³-hybridized carbons (Fsp3) is 0.176. The molecule has 0 spiro atoms. The highest BCUT2D eigenvalue weighted by molar-refractivity contribution is 7.26. The highest BCUT2D eigenvalue weighted by atomic mass is 32.1. The van der Waals surface area contributed by atoms with E-state index in [2.05, 4.69) is 228 Å². The summed E-state index contributed by atoms with van der Waals surface area (Å²) in [4.78, 5) is 4.02. The third-order valence-electron chi connectivity index (χ3n) is 17.6. The fourth-order valence-corrected chi connectivity index (χ4v) is 16.1. The first kappa shape index (κ1) is 43.1. The van der Waals surface area contributed by atoms with Crippen LogP contribution in [0.25, 0.3) is 112 Å². The van der Waals surface area contributed by atoms with E-state index in [9.17, 15) is 0 Å². The van der Waals surface area contributed by atoms with Crippen LogP contribution < -0.4 is 15.7 Å². The summed E-state index contributed by atoms with van der Waals surface area (Å²) in [5, 5.41) is 8.86. The maximum absolute atomic E-state index is 7.46. The Morgan fingerprint density at radius 3 is 1.95 bits per heavy atom. The van der Waals surface area contributed by atoms with E-state index in [-0.39, 0.29) is 23.1 Å². The average molecular weight is 989 g/mol. The van der Waals surface area contributed by atoms with Crippen molar-refractivity contribution in [1.82, 2.24) is 4.57 Å². The summed E-state index contributed by atoms with van der Waals surface area (Å²) in [5.74, 6) is 0. The van der Waals surface area contributed by atoms with Crippen LogP contribution in [-0.2, 0) is 16.2 Å². The van der Waals surface area contributed by atoms with Crippen molar-refractivity contribution in [3.05, 3.63) is 187 Å². The van der Waals surface area contributed by atoms with Gasteiger partial charge in [-0.3, -0.25) is 0 Å². The third kappa shape index (κ3) is 5.73. The zero-order chi connectivity index (χ0) is 49.7. The zero-order valence-electron chi connectivity index (χ0n) is 42.8. The number of furan rings is 1. The predicted octanol–water partition coefficient (Wildman–Crippen LogP) is 18.5. The molecule has 356 valence electrons. The molecule has 0 radical (unpaired) electrons. The van der Waals surface area contributed by atoms with E-state index < -0.39 is 0 Å². The standard InChI is InChI=1S/C68H53BN2OS2/c1-66(2,3)40-26-28-41(29-27-40)71-52-37-57-44(42-22-15-17-25-55(42)73-57)32-45(52)61-62-63-59(60-43-23-14-16-24-54(43)72-64(60)61)46-33-48-49(68(6,7)31-30-67(48,4)5)35-51(46)70(63)53-34-47-56(36-50(53)69(62)71)74-65(39-20-12-9-13-21-39)58(47)38-18-10-8-11-19-38/h8-29,32-37H,30-31H2,1-7H3. The summed E-state index contributed by atoms with van der Waals surface area (Å²) < 4.78 is 14.1. The number of hydrogen-bond donors (Lipinski definition) is 0. The molecule has 3 aliphatic rings. The lowest BCUT2D eigenvalue weighted by atomic mass is 9.43. The maximum Gasteiger partial charge on any atom is 0.333 e. The lowest BCUT2D eigenvalue weighted by molar-refractivity contribution is 0.332. The predicted molar refractivity (Wildman–Crippen MR) is 320 cm³/mol. The lowest BCUT2D eigenvalue weighted by Crippen LogP contribution is -2.60. The molecule has 2 aliphatic heterocycles. The lowest BCUT2D eigenvalue weighted by Gasteiger charge is -2.42. The molecule has 9 aromatic carbocycles. The van der Waals surface area contributed by atoms with E-state index >= 15 is 0 Å². The number of benzene rings is 9. The van der Waals surface area contributed by atoms with E-state index in [0.29, 0.717) is 0 Å². The number of para-hydroxylation sites is 1. The molecule has 0 fully saturated rings. The van der Waals surface area contributed by atoms with Crippen LogP contribution in [0.2, 0.25) is 0 Å². The number of aromatic nitrogens is 1. The van der Waals surface area contributed by atoms with Crippen LogP contribution >= 0.6 is 22.7 Å². The van der Waals surface area contributed by atoms with Crippen LogP contribution in [0, 0.1) is 0 Å². The van der Waals surface area contributed by atoms with E-state index in [1.54, 1.807) is 0 Å². The molecule has 16 rings (SSSR count). The van der Waals surface area contributed by atoms with Gasteiger partial charge in [0.2, 0.25) is 0 Å². The van der Waals surface area contributed by atoms with Crippen molar-refractivity contribution in [3.8, 4) is 38.4 Å². The van der Waals surface area contributed by atoms with Crippen molar-refractivity contribution >= 4 is 126 Å². The molecule has 0 amide bonds. The van der Waals surface area contributed by atoms with Gasteiger partial charge in [-0.05, 0) is 128 Å². The number of hydrogen-bond acceptors (Lipinski definition) is 4. The number of nitrogens with zero attached hydrogens (tertiary/aromatic N) is 2. The van der Waals surface area contributed by atoms with Gasteiger partial charge >= 0.3 is 6.85 Å². The van der Waals surface area contributed by atoms with Gasteiger partial charge in [-0.1, -0.05) is 158 Å². The topological polar surface area (TPSA) is 21.3 Å². The second-order valence-corrected chi connectivity index (χ2v) is 25.9. The molecule has 0 bridgehead atoms. The van der Waals surface area contributed by atoms with Crippen molar-refractivity contribution in [1.29, 1.82) is 0 Å². The van der Waals surface area contributed by atoms with Crippen molar-refractivity contribution in [3.63, 3.8) is 0 Å². The van der Waals surface area contributed by atoms with E-state index in [0.717, 1.165) is 24.0 Å². The van der Waals surface area contributed by atoms with Gasteiger partial charge in [0, 0.05) is 90.4 Å². The van der Waals surface area contributed by atoms with Gasteiger partial charge < -0.3 is 13.8 Å². The molecule has 0 N–H and O–H groups in total. The number of fused-ring (bicyclic) bond motifs is 18. The first-order chi connectivity index (χ1) is 35.8. The van der Waals surface area contributed by atoms with E-state index in [4.69, 9.17) is 4.42 Å². The van der Waals surface area contributed by atoms with Crippen LogP contribution in [0.15, 0.2) is 174 Å². The van der Waals surface area contributed by atoms with Gasteiger partial charge in [0.05, 0.1) is 11.0 Å². The number of anilines is 2. The van der Waals surface area contributed by atoms with Crippen LogP contribution in [-0.4, -0.2) is 11.4 Å². The second kappa shape index (κ2) is 14.7. The summed E-state index contributed by atoms with van der Waals surface area (Å²) in [5.41, 5.74) is 21.3. The molecular formula is C68H53BN2OS2. The molecule has 0 saturated carbocycles. The normalized spacial score (nSPS) is 15.6. The Hall–Kier alpha value is -7.38. The van der Waals surface area contributed by atoms with Crippen LogP contribution in [0.5, 0.6) is 0 Å². The molecule has 13 aromatic rings. The fourth-order valence-electron chi connectivity index (χ4n) is 13.7. The molecule has 1 aliphatic carbocycles. The SMILES string of the molecule is CC(C)(C)c1ccc(N2B3c4cc5sc(-c6ccccc6)c(-c6ccccc6)c5cc4-n4c5cc6c(cc5c5c7c(oc8ccccc87)c(c3c54)-c3cc4c(cc32)sc2ccccc24)C(C)(C)CCC6(C)C)cc1. The smallest absolute Gasteiger partial charge is 0.333 e. The summed E-state index contributed by atoms with van der Waals surface area (Å²) in [6.45, 7) is 16.6. The Labute approximate surface area is 439 Å². The first-order valence-electron chi connectivity index (χ1n) is 26.4. The minimum absolute atomic E-state index is 0.00556. The Morgan fingerprint density at radius 2 is 1.20 bits per heavy atom. The Bertz CT molecular complexity index is 4580. The Balaban J connectivity index is 1.15. The largest absolute Gasteiger partial charge is 0.455 e. The van der Waals surface area contributed by atoms with E-state index in [1.165, 1.54) is 140 Å². The van der Waals surface area contributed by atoms with Crippen molar-refractivity contribution in [2.24, 2.45) is 0 Å². The molecule has 0 saturated heterocycles. The average Bonchev–Trinajstić information content (AvgIpc) is 4.21. The molecule has 6 heteroatoms. The van der Waals surface area contributed by atoms with Crippen molar-refractivity contribution < 1.29 is 4.42 Å². The van der Waals surface area contributed by atoms with Gasteiger partial charge in [0.1, 0.15) is 11.2 Å². The summed E-state index contributed by atoms with van der Waals surface area (Å²) in [7, 11) is 0. The maximum atomic E-state index is 7.46. The van der Waals surface area contributed by atoms with E-state index in [1.807, 2.05) is 22.7 Å². The Kier molecular flexibility index (Phi) is 8.54. The third-order valence-corrected chi connectivity index (χ3v) is 19.9. The summed E-state index contributed by atoms with van der Waals surface area (Å²) in [6, 6.07) is 64.9. The second-order valence-electron chi connectivity index (χ2n) is 23.8. The van der Waals surface area contributed by atoms with Crippen LogP contribution in [0.4, 0.5) is 11.4 Å². The molecule has 74 heavy (non-hydrogen) atoms. The van der Waals surface area contributed by atoms with Gasteiger partial charge in [-0.15, -0.1) is 22.7 Å². The zero-order valence-corrected chi connectivity index (χ0v) is 44.4. The Morgan fingerprint density at radius 1 is 0.541 bits per heavy atom. The molecule has 4 aromatic heterocycles. The van der Waals surface area contributed by atoms with Gasteiger partial charge in [0.15, 0.2) is 0 Å². The van der Waals surface area contributed by atoms with Crippen molar-refractivity contribution in [2.45, 2.75) is 77.6 Å². The van der Waals surface area contributed by atoms with Crippen LogP contribution in [0.1, 0.15) is 78.0 Å². The first-order valence-corrected chi connectivity index (χ1v) is 28.0. The quantitative estimate of drug-likeness (QED) is 0.165. The van der Waals surface area contributed by atoms with Crippen LogP contribution in [0.3, 0.4) is 0 Å².